The van der Waals surface area contributed by atoms with Crippen LogP contribution in [0.15, 0.2) is 36.4 Å². The lowest BCUT2D eigenvalue weighted by Crippen LogP contribution is -2.17. The predicted octanol–water partition coefficient (Wildman–Crippen LogP) is 3.53. The molecule has 0 radical (unpaired) electrons. The second-order valence-electron chi connectivity index (χ2n) is 5.40. The summed E-state index contributed by atoms with van der Waals surface area (Å²) >= 11 is 0. The molecule has 24 heavy (non-hydrogen) atoms. The third-order valence-electron chi connectivity index (χ3n) is 3.95. The van der Waals surface area contributed by atoms with Gasteiger partial charge in [0.05, 0.1) is 20.8 Å². The number of hydrogen-bond donors (Lipinski definition) is 1. The second-order valence-corrected chi connectivity index (χ2v) is 5.40. The Hall–Kier alpha value is -2.27. The molecule has 0 amide bonds. The zero-order valence-electron chi connectivity index (χ0n) is 14.3. The van der Waals surface area contributed by atoms with E-state index in [1.807, 2.05) is 25.1 Å². The average Bonchev–Trinajstić information content (AvgIpc) is 2.60. The van der Waals surface area contributed by atoms with E-state index in [4.69, 9.17) is 19.9 Å². The van der Waals surface area contributed by atoms with E-state index in [-0.39, 0.29) is 11.7 Å². The normalized spacial score (nSPS) is 11.9. The van der Waals surface area contributed by atoms with E-state index in [9.17, 15) is 4.39 Å². The number of hydrogen-bond acceptors (Lipinski definition) is 4. The molecule has 1 atom stereocenters. The smallest absolute Gasteiger partial charge is 0.164 e. The Morgan fingerprint density at radius 3 is 2.46 bits per heavy atom. The lowest BCUT2D eigenvalue weighted by atomic mass is 9.90. The van der Waals surface area contributed by atoms with Gasteiger partial charge in [-0.3, -0.25) is 0 Å². The topological polar surface area (TPSA) is 53.7 Å². The zero-order valence-corrected chi connectivity index (χ0v) is 14.3. The highest BCUT2D eigenvalue weighted by atomic mass is 19.1. The predicted molar refractivity (Wildman–Crippen MR) is 92.6 cm³/mol. The number of ether oxygens (including phenoxy) is 3. The van der Waals surface area contributed by atoms with Gasteiger partial charge in [0.1, 0.15) is 11.6 Å². The van der Waals surface area contributed by atoms with Gasteiger partial charge < -0.3 is 19.9 Å². The third-order valence-corrected chi connectivity index (χ3v) is 3.95. The van der Waals surface area contributed by atoms with E-state index in [1.54, 1.807) is 20.3 Å². The van der Waals surface area contributed by atoms with Crippen molar-refractivity contribution < 1.29 is 18.6 Å². The Labute approximate surface area is 142 Å². The van der Waals surface area contributed by atoms with Crippen molar-refractivity contribution in [1.29, 1.82) is 0 Å². The van der Waals surface area contributed by atoms with Gasteiger partial charge in [0.15, 0.2) is 11.5 Å². The van der Waals surface area contributed by atoms with Gasteiger partial charge in [0.25, 0.3) is 0 Å². The number of benzene rings is 2. The molecule has 130 valence electrons. The monoisotopic (exact) mass is 333 g/mol. The average molecular weight is 333 g/mol. The number of halogens is 1. The molecule has 4 nitrogen and oxygen atoms in total. The molecular weight excluding hydrogens is 309 g/mol. The highest BCUT2D eigenvalue weighted by Crippen LogP contribution is 2.36. The van der Waals surface area contributed by atoms with Crippen molar-refractivity contribution in [3.05, 3.63) is 53.3 Å². The van der Waals surface area contributed by atoms with Crippen molar-refractivity contribution in [2.45, 2.75) is 19.3 Å². The first-order valence-electron chi connectivity index (χ1n) is 7.96. The van der Waals surface area contributed by atoms with Gasteiger partial charge >= 0.3 is 0 Å². The van der Waals surface area contributed by atoms with E-state index >= 15 is 0 Å². The molecule has 0 spiro atoms. The summed E-state index contributed by atoms with van der Waals surface area (Å²) in [6.07, 6.45) is 0.600. The fourth-order valence-corrected chi connectivity index (χ4v) is 2.80. The summed E-state index contributed by atoms with van der Waals surface area (Å²) in [7, 11) is 3.18. The molecule has 2 aromatic rings. The summed E-state index contributed by atoms with van der Waals surface area (Å²) in [6, 6.07) is 10.2. The first kappa shape index (κ1) is 18.1. The number of nitrogens with two attached hydrogens (primary N) is 1. The Morgan fingerprint density at radius 1 is 1.08 bits per heavy atom. The fraction of sp³-hybridized carbons (Fsp3) is 0.368. The van der Waals surface area contributed by atoms with Crippen LogP contribution in [0.3, 0.4) is 0 Å². The largest absolute Gasteiger partial charge is 0.496 e. The molecule has 2 N–H and O–H groups in total. The van der Waals surface area contributed by atoms with E-state index in [0.717, 1.165) is 11.1 Å². The van der Waals surface area contributed by atoms with Crippen molar-refractivity contribution in [1.82, 2.24) is 0 Å². The van der Waals surface area contributed by atoms with Gasteiger partial charge in [-0.15, -0.1) is 0 Å². The van der Waals surface area contributed by atoms with Gasteiger partial charge in [-0.05, 0) is 49.7 Å². The maximum absolute atomic E-state index is 13.7. The lowest BCUT2D eigenvalue weighted by molar-refractivity contribution is 0.307. The van der Waals surface area contributed by atoms with Gasteiger partial charge in [-0.1, -0.05) is 12.1 Å². The van der Waals surface area contributed by atoms with Crippen LogP contribution in [-0.2, 0) is 6.42 Å². The second kappa shape index (κ2) is 8.55. The molecule has 2 rings (SSSR count). The highest BCUT2D eigenvalue weighted by Gasteiger charge is 2.20. The number of methoxy groups -OCH3 is 2. The summed E-state index contributed by atoms with van der Waals surface area (Å²) in [4.78, 5) is 0. The molecular formula is C19H24FNO3. The van der Waals surface area contributed by atoms with E-state index < -0.39 is 0 Å². The van der Waals surface area contributed by atoms with Crippen molar-refractivity contribution in [3.8, 4) is 17.2 Å². The van der Waals surface area contributed by atoms with E-state index in [1.165, 1.54) is 12.1 Å². The minimum Gasteiger partial charge on any atom is -0.496 e. The molecule has 0 saturated carbocycles. The minimum atomic E-state index is -0.306. The van der Waals surface area contributed by atoms with Crippen molar-refractivity contribution in [2.24, 2.45) is 5.73 Å². The first-order valence-corrected chi connectivity index (χ1v) is 7.96. The van der Waals surface area contributed by atoms with Crippen LogP contribution >= 0.6 is 0 Å². The minimum absolute atomic E-state index is 0.0954. The summed E-state index contributed by atoms with van der Waals surface area (Å²) in [5.74, 6) is 1.61. The van der Waals surface area contributed by atoms with Crippen LogP contribution in [-0.4, -0.2) is 27.4 Å². The summed E-state index contributed by atoms with van der Waals surface area (Å²) in [5.41, 5.74) is 7.70. The van der Waals surface area contributed by atoms with Crippen LogP contribution in [0, 0.1) is 5.82 Å². The van der Waals surface area contributed by atoms with Crippen LogP contribution in [0.1, 0.15) is 24.0 Å². The molecule has 0 aromatic heterocycles. The molecule has 0 bridgehead atoms. The van der Waals surface area contributed by atoms with Gasteiger partial charge in [-0.2, -0.15) is 0 Å². The Bertz CT molecular complexity index is 676. The van der Waals surface area contributed by atoms with Crippen molar-refractivity contribution in [3.63, 3.8) is 0 Å². The molecule has 0 fully saturated rings. The van der Waals surface area contributed by atoms with Gasteiger partial charge in [-0.25, -0.2) is 4.39 Å². The Balaban J connectivity index is 2.39. The van der Waals surface area contributed by atoms with Crippen LogP contribution in [0.2, 0.25) is 0 Å². The summed E-state index contributed by atoms with van der Waals surface area (Å²) in [5, 5.41) is 0. The van der Waals surface area contributed by atoms with Gasteiger partial charge in [0, 0.05) is 11.5 Å². The Kier molecular flexibility index (Phi) is 6.44. The van der Waals surface area contributed by atoms with Crippen LogP contribution in [0.5, 0.6) is 17.2 Å². The van der Waals surface area contributed by atoms with Crippen LogP contribution in [0.4, 0.5) is 4.39 Å². The maximum Gasteiger partial charge on any atom is 0.164 e. The molecule has 0 saturated heterocycles. The standard InChI is InChI=1S/C19H24FNO3/c1-4-24-19-13(6-5-7-18(19)23-3)10-14(12-21)16-11-15(20)8-9-17(16)22-2/h5-9,11,14H,4,10,12,21H2,1-3H3. The maximum atomic E-state index is 13.7. The first-order chi connectivity index (χ1) is 11.6. The van der Waals surface area contributed by atoms with Gasteiger partial charge in [0.2, 0.25) is 0 Å². The lowest BCUT2D eigenvalue weighted by Gasteiger charge is -2.21. The highest BCUT2D eigenvalue weighted by molar-refractivity contribution is 5.48. The van der Waals surface area contributed by atoms with E-state index in [2.05, 4.69) is 0 Å². The third kappa shape index (κ3) is 3.97. The Morgan fingerprint density at radius 2 is 1.83 bits per heavy atom. The molecule has 2 aromatic carbocycles. The van der Waals surface area contributed by atoms with Crippen molar-refractivity contribution >= 4 is 0 Å². The quantitative estimate of drug-likeness (QED) is 0.803. The number of para-hydroxylation sites is 1. The molecule has 0 aliphatic heterocycles. The molecule has 1 unspecified atom stereocenters. The summed E-state index contributed by atoms with van der Waals surface area (Å²) in [6.45, 7) is 2.82. The van der Waals surface area contributed by atoms with Crippen LogP contribution < -0.4 is 19.9 Å². The molecule has 5 heteroatoms. The zero-order chi connectivity index (χ0) is 17.5. The van der Waals surface area contributed by atoms with Crippen LogP contribution in [0.25, 0.3) is 0 Å². The molecule has 0 aliphatic carbocycles. The SMILES string of the molecule is CCOc1c(CC(CN)c2cc(F)ccc2OC)cccc1OC. The fourth-order valence-electron chi connectivity index (χ4n) is 2.80. The number of rotatable bonds is 8. The summed E-state index contributed by atoms with van der Waals surface area (Å²) < 4.78 is 30.2. The molecule has 0 aliphatic rings. The van der Waals surface area contributed by atoms with E-state index in [0.29, 0.717) is 36.8 Å². The molecule has 0 heterocycles. The van der Waals surface area contributed by atoms with Crippen molar-refractivity contribution in [2.75, 3.05) is 27.4 Å².